The molecule has 1 fully saturated rings. The third kappa shape index (κ3) is 3.51. The third-order valence-corrected chi connectivity index (χ3v) is 4.52. The summed E-state index contributed by atoms with van der Waals surface area (Å²) >= 11 is 5.89. The maximum atomic E-state index is 13.3. The molecule has 2 atom stereocenters. The molecule has 112 valence electrons. The maximum Gasteiger partial charge on any atom is 0.141 e. The molecule has 1 saturated heterocycles. The number of halogens is 2. The molecule has 1 heterocycles. The smallest absolute Gasteiger partial charge is 0.141 e. The predicted molar refractivity (Wildman–Crippen MR) is 80.7 cm³/mol. The lowest BCUT2D eigenvalue weighted by atomic mass is 9.76. The molecule has 0 spiro atoms. The Hall–Kier alpha value is -0.640. The summed E-state index contributed by atoms with van der Waals surface area (Å²) in [5, 5.41) is 3.71. The molecule has 1 aliphatic heterocycles. The molecule has 0 aromatic heterocycles. The Morgan fingerprint density at radius 1 is 1.50 bits per heavy atom. The van der Waals surface area contributed by atoms with Gasteiger partial charge in [0.1, 0.15) is 5.82 Å². The molecule has 2 nitrogen and oxygen atoms in total. The zero-order valence-electron chi connectivity index (χ0n) is 12.4. The highest BCUT2D eigenvalue weighted by atomic mass is 35.5. The number of hydrogen-bond acceptors (Lipinski definition) is 2. The molecule has 1 N–H and O–H groups in total. The molecule has 1 aromatic carbocycles. The SMILES string of the molecule is CC(C)NCC1(Cc2ccc(F)c(Cl)c2)CCOC1C. The van der Waals surface area contributed by atoms with E-state index in [1.54, 1.807) is 6.07 Å². The Balaban J connectivity index is 2.17. The minimum atomic E-state index is -0.361. The Labute approximate surface area is 125 Å². The van der Waals surface area contributed by atoms with E-state index in [1.165, 1.54) is 6.07 Å². The lowest BCUT2D eigenvalue weighted by Crippen LogP contribution is -2.43. The van der Waals surface area contributed by atoms with Crippen molar-refractivity contribution in [2.75, 3.05) is 13.2 Å². The van der Waals surface area contributed by atoms with E-state index in [2.05, 4.69) is 26.1 Å². The Bertz CT molecular complexity index is 466. The van der Waals surface area contributed by atoms with Crippen LogP contribution < -0.4 is 5.32 Å². The number of nitrogens with one attached hydrogen (secondary N) is 1. The molecule has 2 rings (SSSR count). The Morgan fingerprint density at radius 2 is 2.25 bits per heavy atom. The second kappa shape index (κ2) is 6.42. The second-order valence-corrected chi connectivity index (χ2v) is 6.49. The van der Waals surface area contributed by atoms with E-state index in [4.69, 9.17) is 16.3 Å². The summed E-state index contributed by atoms with van der Waals surface area (Å²) in [5.41, 5.74) is 1.13. The van der Waals surface area contributed by atoms with Crippen LogP contribution >= 0.6 is 11.6 Å². The fourth-order valence-electron chi connectivity index (χ4n) is 2.81. The summed E-state index contributed by atoms with van der Waals surface area (Å²) in [6, 6.07) is 5.45. The fourth-order valence-corrected chi connectivity index (χ4v) is 3.01. The largest absolute Gasteiger partial charge is 0.378 e. The molecule has 20 heavy (non-hydrogen) atoms. The molecule has 0 amide bonds. The van der Waals surface area contributed by atoms with Crippen molar-refractivity contribution in [2.45, 2.75) is 45.8 Å². The van der Waals surface area contributed by atoms with Gasteiger partial charge in [0.25, 0.3) is 0 Å². The summed E-state index contributed by atoms with van der Waals surface area (Å²) in [6.45, 7) is 8.10. The number of hydrogen-bond donors (Lipinski definition) is 1. The van der Waals surface area contributed by atoms with Gasteiger partial charge >= 0.3 is 0 Å². The highest BCUT2D eigenvalue weighted by Crippen LogP contribution is 2.38. The van der Waals surface area contributed by atoms with Crippen molar-refractivity contribution in [3.63, 3.8) is 0 Å². The van der Waals surface area contributed by atoms with E-state index >= 15 is 0 Å². The molecule has 0 aliphatic carbocycles. The quantitative estimate of drug-likeness (QED) is 0.892. The number of rotatable bonds is 5. The van der Waals surface area contributed by atoms with Crippen molar-refractivity contribution in [1.29, 1.82) is 0 Å². The minimum Gasteiger partial charge on any atom is -0.378 e. The van der Waals surface area contributed by atoms with Crippen molar-refractivity contribution in [3.05, 3.63) is 34.6 Å². The second-order valence-electron chi connectivity index (χ2n) is 6.09. The van der Waals surface area contributed by atoms with Crippen LogP contribution in [0.1, 0.15) is 32.8 Å². The van der Waals surface area contributed by atoms with Gasteiger partial charge in [0.15, 0.2) is 0 Å². The average molecular weight is 300 g/mol. The lowest BCUT2D eigenvalue weighted by molar-refractivity contribution is 0.0620. The molecule has 1 aromatic rings. The molecule has 2 unspecified atom stereocenters. The fraction of sp³-hybridized carbons (Fsp3) is 0.625. The zero-order valence-corrected chi connectivity index (χ0v) is 13.1. The molecule has 4 heteroatoms. The van der Waals surface area contributed by atoms with Gasteiger partial charge < -0.3 is 10.1 Å². The minimum absolute atomic E-state index is 0.0609. The van der Waals surface area contributed by atoms with E-state index in [0.29, 0.717) is 6.04 Å². The van der Waals surface area contributed by atoms with E-state index in [0.717, 1.165) is 31.6 Å². The van der Waals surface area contributed by atoms with Gasteiger partial charge in [-0.25, -0.2) is 4.39 Å². The highest BCUT2D eigenvalue weighted by molar-refractivity contribution is 6.30. The summed E-state index contributed by atoms with van der Waals surface area (Å²) in [6.07, 6.45) is 2.06. The Morgan fingerprint density at radius 3 is 2.80 bits per heavy atom. The first-order chi connectivity index (χ1) is 9.43. The highest BCUT2D eigenvalue weighted by Gasteiger charge is 2.41. The standard InChI is InChI=1S/C16H23ClFNO/c1-11(2)19-10-16(6-7-20-12(16)3)9-13-4-5-15(18)14(17)8-13/h4-5,8,11-12,19H,6-7,9-10H2,1-3H3. The topological polar surface area (TPSA) is 21.3 Å². The zero-order chi connectivity index (χ0) is 14.8. The van der Waals surface area contributed by atoms with Gasteiger partial charge in [-0.3, -0.25) is 0 Å². The van der Waals surface area contributed by atoms with Crippen LogP contribution in [0.2, 0.25) is 5.02 Å². The van der Waals surface area contributed by atoms with Gasteiger partial charge in [-0.15, -0.1) is 0 Å². The van der Waals surface area contributed by atoms with Gasteiger partial charge in [-0.1, -0.05) is 31.5 Å². The van der Waals surface area contributed by atoms with Crippen LogP contribution in [0, 0.1) is 11.2 Å². The lowest BCUT2D eigenvalue weighted by Gasteiger charge is -2.33. The maximum absolute atomic E-state index is 13.3. The first-order valence-corrected chi connectivity index (χ1v) is 7.60. The van der Waals surface area contributed by atoms with Crippen molar-refractivity contribution in [1.82, 2.24) is 5.32 Å². The van der Waals surface area contributed by atoms with E-state index in [-0.39, 0.29) is 22.4 Å². The van der Waals surface area contributed by atoms with Gasteiger partial charge in [-0.05, 0) is 37.5 Å². The summed E-state index contributed by atoms with van der Waals surface area (Å²) < 4.78 is 19.0. The monoisotopic (exact) mass is 299 g/mol. The third-order valence-electron chi connectivity index (χ3n) is 4.23. The van der Waals surface area contributed by atoms with Gasteiger partial charge in [0.2, 0.25) is 0 Å². The summed E-state index contributed by atoms with van der Waals surface area (Å²) in [5.74, 6) is -0.361. The van der Waals surface area contributed by atoms with Gasteiger partial charge in [-0.2, -0.15) is 0 Å². The molecule has 0 bridgehead atoms. The van der Waals surface area contributed by atoms with Crippen molar-refractivity contribution < 1.29 is 9.13 Å². The summed E-state index contributed by atoms with van der Waals surface area (Å²) in [4.78, 5) is 0. The molecule has 0 radical (unpaired) electrons. The first-order valence-electron chi connectivity index (χ1n) is 7.22. The average Bonchev–Trinajstić information content (AvgIpc) is 2.74. The van der Waals surface area contributed by atoms with Crippen LogP contribution in [-0.2, 0) is 11.2 Å². The molecular weight excluding hydrogens is 277 g/mol. The van der Waals surface area contributed by atoms with Crippen molar-refractivity contribution >= 4 is 11.6 Å². The first kappa shape index (κ1) is 15.7. The van der Waals surface area contributed by atoms with E-state index in [1.807, 2.05) is 6.07 Å². The number of benzene rings is 1. The Kier molecular flexibility index (Phi) is 5.05. The van der Waals surface area contributed by atoms with Gasteiger partial charge in [0.05, 0.1) is 11.1 Å². The normalized spacial score (nSPS) is 26.4. The van der Waals surface area contributed by atoms with Crippen LogP contribution in [0.3, 0.4) is 0 Å². The summed E-state index contributed by atoms with van der Waals surface area (Å²) in [7, 11) is 0. The van der Waals surface area contributed by atoms with Crippen LogP contribution in [-0.4, -0.2) is 25.3 Å². The van der Waals surface area contributed by atoms with E-state index < -0.39 is 0 Å². The molecule has 0 saturated carbocycles. The van der Waals surface area contributed by atoms with Crippen molar-refractivity contribution in [2.24, 2.45) is 5.41 Å². The van der Waals surface area contributed by atoms with Crippen LogP contribution in [0.25, 0.3) is 0 Å². The van der Waals surface area contributed by atoms with Crippen LogP contribution in [0.5, 0.6) is 0 Å². The van der Waals surface area contributed by atoms with Gasteiger partial charge in [0, 0.05) is 24.6 Å². The predicted octanol–water partition coefficient (Wildman–Crippen LogP) is 3.81. The van der Waals surface area contributed by atoms with Crippen LogP contribution in [0.4, 0.5) is 4.39 Å². The molecule has 1 aliphatic rings. The van der Waals surface area contributed by atoms with Crippen LogP contribution in [0.15, 0.2) is 18.2 Å². The molecular formula is C16H23ClFNO. The van der Waals surface area contributed by atoms with Crippen molar-refractivity contribution in [3.8, 4) is 0 Å². The number of ether oxygens (including phenoxy) is 1. The van der Waals surface area contributed by atoms with E-state index in [9.17, 15) is 4.39 Å².